The zero-order valence-electron chi connectivity index (χ0n) is 17.6. The van der Waals surface area contributed by atoms with Crippen molar-refractivity contribution in [2.24, 2.45) is 5.92 Å². The van der Waals surface area contributed by atoms with Gasteiger partial charge in [0.05, 0.1) is 17.8 Å². The zero-order chi connectivity index (χ0) is 21.9. The van der Waals surface area contributed by atoms with Crippen molar-refractivity contribution in [1.82, 2.24) is 19.5 Å². The molecule has 162 valence electrons. The van der Waals surface area contributed by atoms with Gasteiger partial charge in [-0.1, -0.05) is 18.2 Å². The van der Waals surface area contributed by atoms with E-state index in [2.05, 4.69) is 25.9 Å². The summed E-state index contributed by atoms with van der Waals surface area (Å²) in [7, 11) is 0. The van der Waals surface area contributed by atoms with Crippen molar-refractivity contribution in [3.63, 3.8) is 0 Å². The van der Waals surface area contributed by atoms with Crippen molar-refractivity contribution in [2.75, 3.05) is 5.32 Å². The van der Waals surface area contributed by atoms with Crippen molar-refractivity contribution >= 4 is 33.8 Å². The van der Waals surface area contributed by atoms with Crippen molar-refractivity contribution in [3.8, 4) is 6.07 Å². The summed E-state index contributed by atoms with van der Waals surface area (Å²) in [5.74, 6) is 1.17. The average molecular weight is 428 g/mol. The summed E-state index contributed by atoms with van der Waals surface area (Å²) in [6.07, 6.45) is 7.69. The first-order valence-electron chi connectivity index (χ1n) is 10.9. The van der Waals surface area contributed by atoms with Gasteiger partial charge in [0.25, 0.3) is 0 Å². The third kappa shape index (κ3) is 3.89. The lowest BCUT2D eigenvalue weighted by Gasteiger charge is -2.29. The molecule has 0 spiro atoms. The molecular weight excluding hydrogens is 404 g/mol. The molecule has 0 unspecified atom stereocenters. The van der Waals surface area contributed by atoms with Gasteiger partial charge < -0.3 is 14.3 Å². The summed E-state index contributed by atoms with van der Waals surface area (Å²) in [4.78, 5) is 24.8. The first-order valence-corrected chi connectivity index (χ1v) is 10.9. The van der Waals surface area contributed by atoms with Gasteiger partial charge in [-0.15, -0.1) is 0 Å². The zero-order valence-corrected chi connectivity index (χ0v) is 17.6. The van der Waals surface area contributed by atoms with Crippen molar-refractivity contribution in [2.45, 2.75) is 44.8 Å². The Labute approximate surface area is 185 Å². The molecule has 3 heterocycles. The van der Waals surface area contributed by atoms with Gasteiger partial charge in [0.2, 0.25) is 0 Å². The van der Waals surface area contributed by atoms with Crippen LogP contribution in [0.1, 0.15) is 44.0 Å². The molecule has 0 saturated heterocycles. The van der Waals surface area contributed by atoms with E-state index in [1.165, 1.54) is 0 Å². The van der Waals surface area contributed by atoms with Crippen LogP contribution in [0.15, 0.2) is 48.8 Å². The number of fused-ring (bicyclic) bond motifs is 3. The second kappa shape index (κ2) is 8.71. The number of nitrogens with one attached hydrogen (secondary N) is 2. The van der Waals surface area contributed by atoms with E-state index in [0.717, 1.165) is 47.8 Å². The topological polar surface area (TPSA) is 109 Å². The molecular formula is C24H24N6O2. The normalized spacial score (nSPS) is 18.5. The minimum atomic E-state index is -0.516. The number of ether oxygens (including phenoxy) is 1. The lowest BCUT2D eigenvalue weighted by atomic mass is 9.84. The Balaban J connectivity index is 1.43. The quantitative estimate of drug-likeness (QED) is 0.448. The van der Waals surface area contributed by atoms with Gasteiger partial charge in [0.15, 0.2) is 6.61 Å². The summed E-state index contributed by atoms with van der Waals surface area (Å²) in [5, 5.41) is 12.8. The Bertz CT molecular complexity index is 1280. The number of hydrogen-bond acceptors (Lipinski definition) is 5. The number of amides is 1. The van der Waals surface area contributed by atoms with Crippen LogP contribution in [-0.4, -0.2) is 25.6 Å². The van der Waals surface area contributed by atoms with Crippen LogP contribution in [0.4, 0.5) is 10.5 Å². The number of nitrogens with zero attached hydrogens (tertiary/aromatic N) is 4. The smallest absolute Gasteiger partial charge is 0.412 e. The molecule has 1 fully saturated rings. The average Bonchev–Trinajstić information content (AvgIpc) is 3.43. The van der Waals surface area contributed by atoms with E-state index in [1.54, 1.807) is 6.20 Å². The Morgan fingerprint density at radius 1 is 1.22 bits per heavy atom. The molecule has 0 bridgehead atoms. The number of carbonyl (C=O) groups excluding carboxylic acids is 1. The standard InChI is InChI=1S/C24H24N6O2/c25-12-10-16-6-8-18(9-7-16)30-21(15-32-24(31)28-17-4-2-1-3-5-17)29-20-14-27-23-19(22(20)30)11-13-26-23/h1-5,11,13-14,16,18H,6-10,15H2,(H,26,27)(H,28,31)/t16-,18-. The molecule has 1 amide bonds. The molecule has 3 aromatic heterocycles. The van der Waals surface area contributed by atoms with Gasteiger partial charge in [-0.3, -0.25) is 5.32 Å². The van der Waals surface area contributed by atoms with E-state index < -0.39 is 6.09 Å². The van der Waals surface area contributed by atoms with Crippen LogP contribution in [0.2, 0.25) is 0 Å². The van der Waals surface area contributed by atoms with Gasteiger partial charge in [-0.25, -0.2) is 14.8 Å². The number of carbonyl (C=O) groups is 1. The van der Waals surface area contributed by atoms with Gasteiger partial charge in [-0.2, -0.15) is 5.26 Å². The van der Waals surface area contributed by atoms with Crippen LogP contribution in [0.25, 0.3) is 22.1 Å². The molecule has 32 heavy (non-hydrogen) atoms. The van der Waals surface area contributed by atoms with Gasteiger partial charge in [0.1, 0.15) is 17.0 Å². The fraction of sp³-hybridized carbons (Fsp3) is 0.333. The number of nitriles is 1. The Morgan fingerprint density at radius 3 is 2.81 bits per heavy atom. The van der Waals surface area contributed by atoms with Crippen LogP contribution >= 0.6 is 0 Å². The summed E-state index contributed by atoms with van der Waals surface area (Å²) >= 11 is 0. The first-order chi connectivity index (χ1) is 15.7. The fourth-order valence-corrected chi connectivity index (χ4v) is 4.68. The maximum atomic E-state index is 12.4. The molecule has 4 aromatic rings. The Morgan fingerprint density at radius 2 is 2.03 bits per heavy atom. The molecule has 5 rings (SSSR count). The third-order valence-electron chi connectivity index (χ3n) is 6.22. The van der Waals surface area contributed by atoms with E-state index in [0.29, 0.717) is 23.9 Å². The predicted octanol–water partition coefficient (Wildman–Crippen LogP) is 5.31. The summed E-state index contributed by atoms with van der Waals surface area (Å²) < 4.78 is 7.77. The van der Waals surface area contributed by atoms with Crippen LogP contribution in [-0.2, 0) is 11.3 Å². The predicted molar refractivity (Wildman–Crippen MR) is 121 cm³/mol. The van der Waals surface area contributed by atoms with Crippen molar-refractivity contribution in [1.29, 1.82) is 5.26 Å². The molecule has 8 heteroatoms. The van der Waals surface area contributed by atoms with E-state index >= 15 is 0 Å². The number of H-pyrrole nitrogens is 1. The number of rotatable bonds is 5. The van der Waals surface area contributed by atoms with E-state index in [-0.39, 0.29) is 12.6 Å². The SMILES string of the molecule is N#CC[C@H]1CC[C@H](n2c(COC(=O)Nc3ccccc3)nc3cnc4[nH]ccc4c32)CC1. The van der Waals surface area contributed by atoms with E-state index in [1.807, 2.05) is 42.6 Å². The number of aromatic nitrogens is 4. The van der Waals surface area contributed by atoms with Crippen LogP contribution in [0.5, 0.6) is 0 Å². The second-order valence-corrected chi connectivity index (χ2v) is 8.23. The number of imidazole rings is 1. The molecule has 1 aliphatic rings. The maximum Gasteiger partial charge on any atom is 0.412 e. The van der Waals surface area contributed by atoms with Crippen molar-refractivity contribution < 1.29 is 9.53 Å². The van der Waals surface area contributed by atoms with Gasteiger partial charge in [0, 0.05) is 29.7 Å². The third-order valence-corrected chi connectivity index (χ3v) is 6.22. The van der Waals surface area contributed by atoms with Crippen LogP contribution in [0, 0.1) is 17.2 Å². The lowest BCUT2D eigenvalue weighted by molar-refractivity contribution is 0.148. The first kappa shape index (κ1) is 20.1. The van der Waals surface area contributed by atoms with Gasteiger partial charge in [-0.05, 0) is 49.8 Å². The minimum Gasteiger partial charge on any atom is -0.441 e. The highest BCUT2D eigenvalue weighted by Crippen LogP contribution is 2.38. The van der Waals surface area contributed by atoms with Crippen LogP contribution < -0.4 is 5.32 Å². The fourth-order valence-electron chi connectivity index (χ4n) is 4.68. The second-order valence-electron chi connectivity index (χ2n) is 8.23. The maximum absolute atomic E-state index is 12.4. The van der Waals surface area contributed by atoms with Crippen LogP contribution in [0.3, 0.4) is 0 Å². The molecule has 1 aliphatic carbocycles. The minimum absolute atomic E-state index is 0.0669. The number of anilines is 1. The largest absolute Gasteiger partial charge is 0.441 e. The summed E-state index contributed by atoms with van der Waals surface area (Å²) in [6.45, 7) is 0.0669. The molecule has 0 radical (unpaired) electrons. The molecule has 1 saturated carbocycles. The van der Waals surface area contributed by atoms with Crippen molar-refractivity contribution in [3.05, 3.63) is 54.6 Å². The van der Waals surface area contributed by atoms with E-state index in [4.69, 9.17) is 15.0 Å². The summed E-state index contributed by atoms with van der Waals surface area (Å²) in [5.41, 5.74) is 3.30. The van der Waals surface area contributed by atoms with E-state index in [9.17, 15) is 4.79 Å². The molecule has 0 atom stereocenters. The number of benzene rings is 1. The molecule has 1 aromatic carbocycles. The van der Waals surface area contributed by atoms with Gasteiger partial charge >= 0.3 is 6.09 Å². The Kier molecular flexibility index (Phi) is 5.46. The molecule has 8 nitrogen and oxygen atoms in total. The molecule has 0 aliphatic heterocycles. The highest BCUT2D eigenvalue weighted by molar-refractivity contribution is 6.01. The lowest BCUT2D eigenvalue weighted by Crippen LogP contribution is -2.21. The highest BCUT2D eigenvalue weighted by atomic mass is 16.5. The Hall–Kier alpha value is -3.86. The highest BCUT2D eigenvalue weighted by Gasteiger charge is 2.27. The monoisotopic (exact) mass is 428 g/mol. The number of pyridine rings is 1. The number of hydrogen-bond donors (Lipinski definition) is 2. The molecule has 2 N–H and O–H groups in total. The summed E-state index contributed by atoms with van der Waals surface area (Å²) in [6, 6.07) is 13.8. The number of para-hydroxylation sites is 1. The number of aromatic amines is 1.